The van der Waals surface area contributed by atoms with Crippen LogP contribution in [0.5, 0.6) is 0 Å². The van der Waals surface area contributed by atoms with Crippen LogP contribution in [0.25, 0.3) is 0 Å². The van der Waals surface area contributed by atoms with Crippen LogP contribution in [-0.2, 0) is 0 Å². The van der Waals surface area contributed by atoms with Crippen LogP contribution < -0.4 is 0 Å². The molecule has 1 saturated carbocycles. The van der Waals surface area contributed by atoms with E-state index in [9.17, 15) is 0 Å². The maximum atomic E-state index is 3.49. The number of hydrogen-bond donors (Lipinski definition) is 0. The van der Waals surface area contributed by atoms with Gasteiger partial charge in [0, 0.05) is 11.4 Å². The van der Waals surface area contributed by atoms with Gasteiger partial charge >= 0.3 is 0 Å². The molecule has 0 aromatic rings. The van der Waals surface area contributed by atoms with Gasteiger partial charge in [-0.05, 0) is 57.5 Å². The smallest absolute Gasteiger partial charge is 0.00926 e. The molecule has 2 heteroatoms. The van der Waals surface area contributed by atoms with Crippen LogP contribution in [0.2, 0.25) is 0 Å². The number of nitrogens with zero attached hydrogens (tertiary/aromatic N) is 1. The van der Waals surface area contributed by atoms with Crippen molar-refractivity contribution in [2.45, 2.75) is 64.8 Å². The molecule has 1 aliphatic carbocycles. The molecule has 0 aliphatic heterocycles. The normalized spacial score (nSPS) is 21.6. The van der Waals surface area contributed by atoms with Gasteiger partial charge in [-0.15, -0.1) is 0 Å². The second-order valence-corrected chi connectivity index (χ2v) is 6.92. The molecule has 16 heavy (non-hydrogen) atoms. The Kier molecular flexibility index (Phi) is 6.35. The van der Waals surface area contributed by atoms with Crippen LogP contribution in [0.1, 0.15) is 58.8 Å². The summed E-state index contributed by atoms with van der Waals surface area (Å²) in [6.45, 7) is 6.12. The SMILES string of the molecule is CN(CCCCCBr)C1CCC(C)(C)CC1. The zero-order valence-electron chi connectivity index (χ0n) is 11.3. The number of unbranched alkanes of at least 4 members (excludes halogenated alkanes) is 2. The van der Waals surface area contributed by atoms with E-state index in [2.05, 4.69) is 41.7 Å². The summed E-state index contributed by atoms with van der Waals surface area (Å²) in [4.78, 5) is 2.60. The lowest BCUT2D eigenvalue weighted by atomic mass is 9.75. The monoisotopic (exact) mass is 289 g/mol. The summed E-state index contributed by atoms with van der Waals surface area (Å²) in [5.74, 6) is 0. The fourth-order valence-electron chi connectivity index (χ4n) is 2.64. The summed E-state index contributed by atoms with van der Waals surface area (Å²) in [7, 11) is 2.32. The quantitative estimate of drug-likeness (QED) is 0.516. The van der Waals surface area contributed by atoms with Crippen molar-refractivity contribution in [3.63, 3.8) is 0 Å². The highest BCUT2D eigenvalue weighted by molar-refractivity contribution is 9.09. The number of hydrogen-bond acceptors (Lipinski definition) is 1. The molecule has 0 radical (unpaired) electrons. The van der Waals surface area contributed by atoms with Crippen molar-refractivity contribution < 1.29 is 0 Å². The third-order valence-corrected chi connectivity index (χ3v) is 4.64. The molecule has 0 N–H and O–H groups in total. The minimum Gasteiger partial charge on any atom is -0.303 e. The molecular formula is C14H28BrN. The molecule has 96 valence electrons. The van der Waals surface area contributed by atoms with E-state index >= 15 is 0 Å². The summed E-state index contributed by atoms with van der Waals surface area (Å²) >= 11 is 3.49. The Morgan fingerprint density at radius 3 is 2.31 bits per heavy atom. The Morgan fingerprint density at radius 1 is 1.12 bits per heavy atom. The number of alkyl halides is 1. The first-order chi connectivity index (χ1) is 7.55. The van der Waals surface area contributed by atoms with Crippen LogP contribution in [0.4, 0.5) is 0 Å². The summed E-state index contributed by atoms with van der Waals surface area (Å²) in [5, 5.41) is 1.16. The van der Waals surface area contributed by atoms with Gasteiger partial charge in [-0.25, -0.2) is 0 Å². The number of halogens is 1. The fraction of sp³-hybridized carbons (Fsp3) is 1.00. The van der Waals surface area contributed by atoms with E-state index in [0.29, 0.717) is 5.41 Å². The third-order valence-electron chi connectivity index (χ3n) is 4.08. The van der Waals surface area contributed by atoms with Gasteiger partial charge in [-0.2, -0.15) is 0 Å². The summed E-state index contributed by atoms with van der Waals surface area (Å²) in [5.41, 5.74) is 0.604. The van der Waals surface area contributed by atoms with Gasteiger partial charge in [0.25, 0.3) is 0 Å². The molecule has 0 bridgehead atoms. The Bertz CT molecular complexity index is 181. The van der Waals surface area contributed by atoms with Gasteiger partial charge in [0.15, 0.2) is 0 Å². The van der Waals surface area contributed by atoms with Crippen LogP contribution in [0.15, 0.2) is 0 Å². The third kappa shape index (κ3) is 5.18. The molecule has 1 rings (SSSR count). The topological polar surface area (TPSA) is 3.24 Å². The van der Waals surface area contributed by atoms with Gasteiger partial charge in [-0.3, -0.25) is 0 Å². The molecule has 0 spiro atoms. The van der Waals surface area contributed by atoms with Crippen LogP contribution in [0.3, 0.4) is 0 Å². The van der Waals surface area contributed by atoms with Gasteiger partial charge in [0.1, 0.15) is 0 Å². The summed E-state index contributed by atoms with van der Waals surface area (Å²) < 4.78 is 0. The zero-order valence-corrected chi connectivity index (χ0v) is 12.9. The first kappa shape index (κ1) is 14.5. The van der Waals surface area contributed by atoms with Crippen molar-refractivity contribution >= 4 is 15.9 Å². The predicted octanol–water partition coefficient (Wildman–Crippen LogP) is 4.45. The van der Waals surface area contributed by atoms with E-state index in [0.717, 1.165) is 11.4 Å². The average Bonchev–Trinajstić information content (AvgIpc) is 2.24. The maximum absolute atomic E-state index is 3.49. The Balaban J connectivity index is 2.15. The van der Waals surface area contributed by atoms with Gasteiger partial charge < -0.3 is 4.90 Å². The molecule has 0 unspecified atom stereocenters. The van der Waals surface area contributed by atoms with Crippen molar-refractivity contribution in [1.82, 2.24) is 4.90 Å². The van der Waals surface area contributed by atoms with Crippen LogP contribution in [-0.4, -0.2) is 29.9 Å². The van der Waals surface area contributed by atoms with E-state index in [1.807, 2.05) is 0 Å². The standard InChI is InChI=1S/C14H28BrN/c1-14(2)9-7-13(8-10-14)16(3)12-6-4-5-11-15/h13H,4-12H2,1-3H3. The van der Waals surface area contributed by atoms with Crippen LogP contribution >= 0.6 is 15.9 Å². The Labute approximate surface area is 110 Å². The van der Waals surface area contributed by atoms with Crippen molar-refractivity contribution in [3.8, 4) is 0 Å². The van der Waals surface area contributed by atoms with E-state index < -0.39 is 0 Å². The molecule has 0 saturated heterocycles. The van der Waals surface area contributed by atoms with E-state index in [1.54, 1.807) is 0 Å². The molecule has 0 heterocycles. The van der Waals surface area contributed by atoms with Crippen molar-refractivity contribution in [2.24, 2.45) is 5.41 Å². The number of rotatable bonds is 6. The molecule has 0 aromatic heterocycles. The van der Waals surface area contributed by atoms with Gasteiger partial charge in [-0.1, -0.05) is 36.2 Å². The highest BCUT2D eigenvalue weighted by Crippen LogP contribution is 2.36. The van der Waals surface area contributed by atoms with Gasteiger partial charge in [0.05, 0.1) is 0 Å². The first-order valence-electron chi connectivity index (χ1n) is 6.81. The summed E-state index contributed by atoms with van der Waals surface area (Å²) in [6, 6.07) is 0.858. The molecule has 0 amide bonds. The van der Waals surface area contributed by atoms with Crippen molar-refractivity contribution in [1.29, 1.82) is 0 Å². The van der Waals surface area contributed by atoms with Crippen molar-refractivity contribution in [2.75, 3.05) is 18.9 Å². The second-order valence-electron chi connectivity index (χ2n) is 6.13. The first-order valence-corrected chi connectivity index (χ1v) is 7.93. The van der Waals surface area contributed by atoms with Crippen molar-refractivity contribution in [3.05, 3.63) is 0 Å². The maximum Gasteiger partial charge on any atom is 0.00926 e. The fourth-order valence-corrected chi connectivity index (χ4v) is 3.04. The lowest BCUT2D eigenvalue weighted by molar-refractivity contribution is 0.126. The minimum atomic E-state index is 0.604. The predicted molar refractivity (Wildman–Crippen MR) is 76.3 cm³/mol. The molecular weight excluding hydrogens is 262 g/mol. The van der Waals surface area contributed by atoms with E-state index in [4.69, 9.17) is 0 Å². The Hall–Kier alpha value is 0.440. The van der Waals surface area contributed by atoms with E-state index in [1.165, 1.54) is 51.5 Å². The highest BCUT2D eigenvalue weighted by atomic mass is 79.9. The minimum absolute atomic E-state index is 0.604. The molecule has 1 fully saturated rings. The Morgan fingerprint density at radius 2 is 1.75 bits per heavy atom. The molecule has 0 atom stereocenters. The molecule has 1 aliphatic rings. The highest BCUT2D eigenvalue weighted by Gasteiger charge is 2.28. The lowest BCUT2D eigenvalue weighted by Gasteiger charge is -2.38. The zero-order chi connectivity index (χ0) is 12.0. The van der Waals surface area contributed by atoms with Gasteiger partial charge in [0.2, 0.25) is 0 Å². The second kappa shape index (κ2) is 7.00. The largest absolute Gasteiger partial charge is 0.303 e. The van der Waals surface area contributed by atoms with E-state index in [-0.39, 0.29) is 0 Å². The molecule has 1 nitrogen and oxygen atoms in total. The summed E-state index contributed by atoms with van der Waals surface area (Å²) in [6.07, 6.45) is 9.68. The lowest BCUT2D eigenvalue weighted by Crippen LogP contribution is -2.37. The molecule has 0 aromatic carbocycles. The van der Waals surface area contributed by atoms with Crippen LogP contribution in [0, 0.1) is 5.41 Å². The average molecular weight is 290 g/mol.